The Morgan fingerprint density at radius 1 is 1.50 bits per heavy atom. The summed E-state index contributed by atoms with van der Waals surface area (Å²) in [6.45, 7) is 1.45. The van der Waals surface area contributed by atoms with Gasteiger partial charge in [-0.1, -0.05) is 6.92 Å². The molecule has 0 bridgehead atoms. The van der Waals surface area contributed by atoms with Gasteiger partial charge in [0.2, 0.25) is 9.84 Å². The zero-order valence-electron chi connectivity index (χ0n) is 6.55. The van der Waals surface area contributed by atoms with Crippen LogP contribution in [0, 0.1) is 11.3 Å². The summed E-state index contributed by atoms with van der Waals surface area (Å²) in [6.07, 6.45) is -0.658. The maximum Gasteiger partial charge on any atom is 0.346 e. The molecule has 0 aliphatic rings. The Kier molecular flexibility index (Phi) is 3.58. The van der Waals surface area contributed by atoms with Gasteiger partial charge < -0.3 is 0 Å². The van der Waals surface area contributed by atoms with E-state index >= 15 is 0 Å². The monoisotopic (exact) mass is 197 g/mol. The van der Waals surface area contributed by atoms with E-state index in [2.05, 4.69) is 0 Å². The second-order valence-electron chi connectivity index (χ2n) is 2.30. The molecule has 0 saturated heterocycles. The molecule has 0 aromatic carbocycles. The highest BCUT2D eigenvalue weighted by Gasteiger charge is 2.43. The molecule has 0 N–H and O–H groups in total. The standard InChI is InChI=1S/C6H9F2NO2S/c1-2-3-6(7,8)12(10,11)5-4-9/h2-3,5H2,1H3. The van der Waals surface area contributed by atoms with Crippen LogP contribution in [0.3, 0.4) is 0 Å². The third-order valence-electron chi connectivity index (χ3n) is 1.25. The molecule has 0 rings (SSSR count). The van der Waals surface area contributed by atoms with Gasteiger partial charge in [-0.15, -0.1) is 0 Å². The average Bonchev–Trinajstić information content (AvgIpc) is 1.86. The zero-order chi connectivity index (χ0) is 9.83. The topological polar surface area (TPSA) is 57.9 Å². The van der Waals surface area contributed by atoms with Gasteiger partial charge in [0.15, 0.2) is 0 Å². The highest BCUT2D eigenvalue weighted by molar-refractivity contribution is 7.92. The molecule has 0 atom stereocenters. The first-order valence-corrected chi connectivity index (χ1v) is 4.99. The van der Waals surface area contributed by atoms with E-state index in [1.165, 1.54) is 13.0 Å². The molecular formula is C6H9F2NO2S. The number of hydrogen-bond donors (Lipinski definition) is 0. The van der Waals surface area contributed by atoms with Crippen LogP contribution in [0.25, 0.3) is 0 Å². The van der Waals surface area contributed by atoms with Crippen molar-refractivity contribution in [3.8, 4) is 6.07 Å². The quantitative estimate of drug-likeness (QED) is 0.682. The van der Waals surface area contributed by atoms with Gasteiger partial charge in [0.1, 0.15) is 5.75 Å². The minimum absolute atomic E-state index is 0.0671. The molecule has 0 heterocycles. The van der Waals surface area contributed by atoms with Crippen molar-refractivity contribution in [1.29, 1.82) is 5.26 Å². The number of sulfone groups is 1. The minimum atomic E-state index is -4.57. The molecule has 70 valence electrons. The van der Waals surface area contributed by atoms with E-state index in [1.54, 1.807) is 0 Å². The van der Waals surface area contributed by atoms with E-state index in [4.69, 9.17) is 5.26 Å². The lowest BCUT2D eigenvalue weighted by molar-refractivity contribution is 0.0817. The first-order valence-electron chi connectivity index (χ1n) is 3.34. The van der Waals surface area contributed by atoms with Crippen LogP contribution in [0.4, 0.5) is 8.78 Å². The van der Waals surface area contributed by atoms with Gasteiger partial charge >= 0.3 is 5.25 Å². The van der Waals surface area contributed by atoms with Crippen LogP contribution in [0.15, 0.2) is 0 Å². The summed E-state index contributed by atoms with van der Waals surface area (Å²) in [5.74, 6) is -1.12. The first-order chi connectivity index (χ1) is 5.37. The molecule has 0 fully saturated rings. The van der Waals surface area contributed by atoms with Crippen LogP contribution >= 0.6 is 0 Å². The lowest BCUT2D eigenvalue weighted by atomic mass is 10.3. The van der Waals surface area contributed by atoms with Crippen LogP contribution in [0.5, 0.6) is 0 Å². The fourth-order valence-electron chi connectivity index (χ4n) is 0.637. The molecule has 0 radical (unpaired) electrons. The normalized spacial score (nSPS) is 12.5. The van der Waals surface area contributed by atoms with Gasteiger partial charge in [0.05, 0.1) is 6.07 Å². The van der Waals surface area contributed by atoms with Crippen molar-refractivity contribution < 1.29 is 17.2 Å². The molecule has 0 aliphatic carbocycles. The van der Waals surface area contributed by atoms with E-state index in [0.717, 1.165) is 0 Å². The van der Waals surface area contributed by atoms with Crippen molar-refractivity contribution in [3.05, 3.63) is 0 Å². The van der Waals surface area contributed by atoms with Gasteiger partial charge in [-0.3, -0.25) is 0 Å². The van der Waals surface area contributed by atoms with E-state index in [1.807, 2.05) is 0 Å². The van der Waals surface area contributed by atoms with Gasteiger partial charge in [0, 0.05) is 6.42 Å². The predicted octanol–water partition coefficient (Wildman–Crippen LogP) is 1.32. The molecule has 12 heavy (non-hydrogen) atoms. The minimum Gasteiger partial charge on any atom is -0.222 e. The molecule has 0 saturated carbocycles. The summed E-state index contributed by atoms with van der Waals surface area (Å²) < 4.78 is 46.6. The van der Waals surface area contributed by atoms with Crippen LogP contribution in [0.1, 0.15) is 19.8 Å². The number of halogens is 2. The Labute approximate surface area is 69.9 Å². The summed E-state index contributed by atoms with van der Waals surface area (Å²) >= 11 is 0. The molecule has 0 aliphatic heterocycles. The second-order valence-corrected chi connectivity index (χ2v) is 4.42. The Hall–Kier alpha value is -0.700. The van der Waals surface area contributed by atoms with Gasteiger partial charge in [0.25, 0.3) is 0 Å². The number of alkyl halides is 2. The van der Waals surface area contributed by atoms with E-state index in [9.17, 15) is 17.2 Å². The zero-order valence-corrected chi connectivity index (χ0v) is 7.37. The third-order valence-corrected chi connectivity index (χ3v) is 2.87. The summed E-state index contributed by atoms with van der Waals surface area (Å²) in [5.41, 5.74) is 0. The summed E-state index contributed by atoms with van der Waals surface area (Å²) in [7, 11) is -4.57. The van der Waals surface area contributed by atoms with E-state index < -0.39 is 27.3 Å². The van der Waals surface area contributed by atoms with E-state index in [0.29, 0.717) is 0 Å². The van der Waals surface area contributed by atoms with Crippen molar-refractivity contribution in [2.45, 2.75) is 25.0 Å². The fraction of sp³-hybridized carbons (Fsp3) is 0.833. The summed E-state index contributed by atoms with van der Waals surface area (Å²) in [5, 5.41) is 4.22. The maximum atomic E-state index is 12.6. The smallest absolute Gasteiger partial charge is 0.222 e. The van der Waals surface area contributed by atoms with Crippen molar-refractivity contribution in [2.24, 2.45) is 0 Å². The molecule has 0 amide bonds. The fourth-order valence-corrected chi connectivity index (χ4v) is 1.53. The van der Waals surface area contributed by atoms with Crippen molar-refractivity contribution >= 4 is 9.84 Å². The second kappa shape index (κ2) is 3.81. The molecule has 3 nitrogen and oxygen atoms in total. The lowest BCUT2D eigenvalue weighted by Gasteiger charge is -2.13. The molecular weight excluding hydrogens is 188 g/mol. The summed E-state index contributed by atoms with van der Waals surface area (Å²) in [6, 6.07) is 1.20. The van der Waals surface area contributed by atoms with E-state index in [-0.39, 0.29) is 6.42 Å². The molecule has 0 aromatic heterocycles. The lowest BCUT2D eigenvalue weighted by Crippen LogP contribution is -2.30. The van der Waals surface area contributed by atoms with Crippen LogP contribution < -0.4 is 0 Å². The molecule has 0 spiro atoms. The van der Waals surface area contributed by atoms with Crippen molar-refractivity contribution in [3.63, 3.8) is 0 Å². The van der Waals surface area contributed by atoms with Crippen LogP contribution in [-0.2, 0) is 9.84 Å². The van der Waals surface area contributed by atoms with Crippen LogP contribution in [-0.4, -0.2) is 19.4 Å². The van der Waals surface area contributed by atoms with Gasteiger partial charge in [-0.2, -0.15) is 14.0 Å². The number of nitriles is 1. The SMILES string of the molecule is CCCC(F)(F)S(=O)(=O)CC#N. The van der Waals surface area contributed by atoms with Gasteiger partial charge in [-0.25, -0.2) is 8.42 Å². The van der Waals surface area contributed by atoms with Crippen molar-refractivity contribution in [2.75, 3.05) is 5.75 Å². The molecule has 0 unspecified atom stereocenters. The first kappa shape index (κ1) is 11.3. The largest absolute Gasteiger partial charge is 0.346 e. The number of hydrogen-bond acceptors (Lipinski definition) is 3. The Morgan fingerprint density at radius 2 is 2.00 bits per heavy atom. The number of nitrogens with zero attached hydrogens (tertiary/aromatic N) is 1. The Morgan fingerprint density at radius 3 is 2.33 bits per heavy atom. The third kappa shape index (κ3) is 2.41. The Balaban J connectivity index is 4.67. The van der Waals surface area contributed by atoms with Crippen LogP contribution in [0.2, 0.25) is 0 Å². The maximum absolute atomic E-state index is 12.6. The number of rotatable bonds is 4. The molecule has 0 aromatic rings. The average molecular weight is 197 g/mol. The predicted molar refractivity (Wildman–Crippen MR) is 39.3 cm³/mol. The summed E-state index contributed by atoms with van der Waals surface area (Å²) in [4.78, 5) is 0. The van der Waals surface area contributed by atoms with Gasteiger partial charge in [-0.05, 0) is 6.42 Å². The molecule has 6 heteroatoms. The highest BCUT2D eigenvalue weighted by Crippen LogP contribution is 2.27. The Bertz CT molecular complexity index is 278. The van der Waals surface area contributed by atoms with Crippen molar-refractivity contribution in [1.82, 2.24) is 0 Å². The highest BCUT2D eigenvalue weighted by atomic mass is 32.2.